The summed E-state index contributed by atoms with van der Waals surface area (Å²) in [7, 11) is 0. The van der Waals surface area contributed by atoms with Crippen molar-refractivity contribution < 1.29 is 9.18 Å². The van der Waals surface area contributed by atoms with Gasteiger partial charge in [-0.15, -0.1) is 0 Å². The molecule has 1 aromatic carbocycles. The van der Waals surface area contributed by atoms with Crippen LogP contribution in [0.4, 0.5) is 15.8 Å². The van der Waals surface area contributed by atoms with Gasteiger partial charge in [0.05, 0.1) is 17.4 Å². The highest BCUT2D eigenvalue weighted by atomic mass is 19.1. The number of halogens is 1. The first-order chi connectivity index (χ1) is 9.20. The summed E-state index contributed by atoms with van der Waals surface area (Å²) in [6.07, 6.45) is 1.28. The van der Waals surface area contributed by atoms with E-state index in [9.17, 15) is 9.18 Å². The second kappa shape index (κ2) is 5.95. The lowest BCUT2D eigenvalue weighted by Crippen LogP contribution is -2.14. The van der Waals surface area contributed by atoms with Crippen LogP contribution in [0.25, 0.3) is 0 Å². The first kappa shape index (κ1) is 13.0. The van der Waals surface area contributed by atoms with E-state index < -0.39 is 5.95 Å². The Kier molecular flexibility index (Phi) is 4.07. The summed E-state index contributed by atoms with van der Waals surface area (Å²) in [5.41, 5.74) is 1.75. The van der Waals surface area contributed by atoms with Crippen LogP contribution >= 0.6 is 0 Å². The molecule has 1 aromatic heterocycles. The average Bonchev–Trinajstić information content (AvgIpc) is 2.42. The van der Waals surface area contributed by atoms with Gasteiger partial charge in [0.25, 0.3) is 5.91 Å². The maximum absolute atomic E-state index is 12.7. The minimum Gasteiger partial charge on any atom is -0.385 e. The average molecular weight is 259 g/mol. The highest BCUT2D eigenvalue weighted by Crippen LogP contribution is 2.16. The Balaban J connectivity index is 2.18. The fourth-order valence-corrected chi connectivity index (χ4v) is 1.67. The molecule has 4 nitrogen and oxygen atoms in total. The summed E-state index contributed by atoms with van der Waals surface area (Å²) in [5.74, 6) is -0.837. The van der Waals surface area contributed by atoms with Crippen molar-refractivity contribution in [3.8, 4) is 0 Å². The number of rotatable bonds is 4. The summed E-state index contributed by atoms with van der Waals surface area (Å²) in [6, 6.07) is 9.88. The lowest BCUT2D eigenvalue weighted by molar-refractivity contribution is 0.102. The molecule has 0 radical (unpaired) electrons. The molecule has 0 aliphatic heterocycles. The third-order valence-electron chi connectivity index (χ3n) is 2.52. The number of para-hydroxylation sites is 1. The van der Waals surface area contributed by atoms with Gasteiger partial charge in [0.2, 0.25) is 5.95 Å². The Morgan fingerprint density at radius 1 is 1.26 bits per heavy atom. The number of anilines is 2. The van der Waals surface area contributed by atoms with Crippen molar-refractivity contribution in [3.63, 3.8) is 0 Å². The number of carbonyl (C=O) groups is 1. The second-order valence-electron chi connectivity index (χ2n) is 3.90. The Hall–Kier alpha value is -2.43. The maximum Gasteiger partial charge on any atom is 0.257 e. The summed E-state index contributed by atoms with van der Waals surface area (Å²) in [4.78, 5) is 15.6. The minimum atomic E-state index is -0.578. The number of carbonyl (C=O) groups excluding carboxylic acids is 1. The van der Waals surface area contributed by atoms with Crippen LogP contribution in [0, 0.1) is 5.95 Å². The van der Waals surface area contributed by atoms with E-state index in [0.29, 0.717) is 11.3 Å². The lowest BCUT2D eigenvalue weighted by atomic mass is 10.1. The van der Waals surface area contributed by atoms with Gasteiger partial charge in [-0.05, 0) is 31.2 Å². The Morgan fingerprint density at radius 3 is 2.74 bits per heavy atom. The van der Waals surface area contributed by atoms with Gasteiger partial charge in [-0.1, -0.05) is 12.1 Å². The predicted molar refractivity (Wildman–Crippen MR) is 72.8 cm³/mol. The fraction of sp³-hybridized carbons (Fsp3) is 0.143. The van der Waals surface area contributed by atoms with Crippen molar-refractivity contribution in [1.29, 1.82) is 0 Å². The van der Waals surface area contributed by atoms with Crippen LogP contribution in [0.1, 0.15) is 17.3 Å². The second-order valence-corrected chi connectivity index (χ2v) is 3.90. The molecule has 0 spiro atoms. The molecule has 0 bridgehead atoms. The lowest BCUT2D eigenvalue weighted by Gasteiger charge is -2.10. The Bertz CT molecular complexity index is 569. The standard InChI is InChI=1S/C14H14FN3O/c1-2-16-12-6-4-3-5-11(12)14(19)18-10-7-8-13(15)17-9-10/h3-9,16H,2H2,1H3,(H,18,19). The molecule has 2 aromatic rings. The van der Waals surface area contributed by atoms with Crippen LogP contribution in [-0.4, -0.2) is 17.4 Å². The fourth-order valence-electron chi connectivity index (χ4n) is 1.67. The molecule has 98 valence electrons. The minimum absolute atomic E-state index is 0.259. The van der Waals surface area contributed by atoms with Crippen LogP contribution < -0.4 is 10.6 Å². The molecule has 0 atom stereocenters. The van der Waals surface area contributed by atoms with E-state index in [4.69, 9.17) is 0 Å². The number of benzene rings is 1. The predicted octanol–water partition coefficient (Wildman–Crippen LogP) is 2.90. The molecule has 2 rings (SSSR count). The van der Waals surface area contributed by atoms with Gasteiger partial charge in [0.1, 0.15) is 0 Å². The highest BCUT2D eigenvalue weighted by Gasteiger charge is 2.10. The smallest absolute Gasteiger partial charge is 0.257 e. The Labute approximate surface area is 110 Å². The van der Waals surface area contributed by atoms with Crippen LogP contribution in [0.3, 0.4) is 0 Å². The van der Waals surface area contributed by atoms with Crippen LogP contribution in [0.15, 0.2) is 42.6 Å². The number of pyridine rings is 1. The summed E-state index contributed by atoms with van der Waals surface area (Å²) in [6.45, 7) is 2.68. The number of nitrogens with one attached hydrogen (secondary N) is 2. The first-order valence-electron chi connectivity index (χ1n) is 5.96. The zero-order chi connectivity index (χ0) is 13.7. The Morgan fingerprint density at radius 2 is 2.05 bits per heavy atom. The van der Waals surface area contributed by atoms with Gasteiger partial charge in [0, 0.05) is 12.2 Å². The maximum atomic E-state index is 12.7. The number of aromatic nitrogens is 1. The SMILES string of the molecule is CCNc1ccccc1C(=O)Nc1ccc(F)nc1. The van der Waals surface area contributed by atoms with Gasteiger partial charge in [-0.2, -0.15) is 4.39 Å². The number of nitrogens with zero attached hydrogens (tertiary/aromatic N) is 1. The number of hydrogen-bond acceptors (Lipinski definition) is 3. The molecule has 0 aliphatic carbocycles. The van der Waals surface area contributed by atoms with Crippen molar-refractivity contribution in [2.75, 3.05) is 17.2 Å². The summed E-state index contributed by atoms with van der Waals surface area (Å²) < 4.78 is 12.7. The number of amides is 1. The molecule has 0 aliphatic rings. The molecule has 0 saturated carbocycles. The highest BCUT2D eigenvalue weighted by molar-refractivity contribution is 6.07. The van der Waals surface area contributed by atoms with Gasteiger partial charge < -0.3 is 10.6 Å². The zero-order valence-corrected chi connectivity index (χ0v) is 10.5. The van der Waals surface area contributed by atoms with E-state index in [0.717, 1.165) is 12.2 Å². The van der Waals surface area contributed by atoms with Crippen LogP contribution in [0.5, 0.6) is 0 Å². The molecule has 0 unspecified atom stereocenters. The van der Waals surface area contributed by atoms with E-state index in [1.807, 2.05) is 19.1 Å². The van der Waals surface area contributed by atoms with Crippen molar-refractivity contribution in [2.24, 2.45) is 0 Å². The quantitative estimate of drug-likeness (QED) is 0.830. The van der Waals surface area contributed by atoms with E-state index in [-0.39, 0.29) is 5.91 Å². The molecule has 0 fully saturated rings. The van der Waals surface area contributed by atoms with E-state index in [2.05, 4.69) is 15.6 Å². The van der Waals surface area contributed by atoms with E-state index in [1.165, 1.54) is 18.3 Å². The van der Waals surface area contributed by atoms with Gasteiger partial charge >= 0.3 is 0 Å². The molecule has 5 heteroatoms. The van der Waals surface area contributed by atoms with Crippen molar-refractivity contribution in [3.05, 3.63) is 54.1 Å². The largest absolute Gasteiger partial charge is 0.385 e. The molecule has 1 amide bonds. The van der Waals surface area contributed by atoms with Crippen LogP contribution in [-0.2, 0) is 0 Å². The number of hydrogen-bond donors (Lipinski definition) is 2. The molecule has 1 heterocycles. The van der Waals surface area contributed by atoms with Gasteiger partial charge in [-0.3, -0.25) is 4.79 Å². The summed E-state index contributed by atoms with van der Waals surface area (Å²) in [5, 5.41) is 5.79. The molecular weight excluding hydrogens is 245 g/mol. The molecule has 19 heavy (non-hydrogen) atoms. The zero-order valence-electron chi connectivity index (χ0n) is 10.5. The third-order valence-corrected chi connectivity index (χ3v) is 2.52. The van der Waals surface area contributed by atoms with Gasteiger partial charge in [0.15, 0.2) is 0 Å². The van der Waals surface area contributed by atoms with Crippen molar-refractivity contribution >= 4 is 17.3 Å². The molecular formula is C14H14FN3O. The first-order valence-corrected chi connectivity index (χ1v) is 5.96. The van der Waals surface area contributed by atoms with Crippen molar-refractivity contribution in [2.45, 2.75) is 6.92 Å². The van der Waals surface area contributed by atoms with Crippen molar-refractivity contribution in [1.82, 2.24) is 4.98 Å². The van der Waals surface area contributed by atoms with Crippen LogP contribution in [0.2, 0.25) is 0 Å². The van der Waals surface area contributed by atoms with Gasteiger partial charge in [-0.25, -0.2) is 4.98 Å². The monoisotopic (exact) mass is 259 g/mol. The van der Waals surface area contributed by atoms with E-state index in [1.54, 1.807) is 12.1 Å². The summed E-state index contributed by atoms with van der Waals surface area (Å²) >= 11 is 0. The van der Waals surface area contributed by atoms with E-state index >= 15 is 0 Å². The third kappa shape index (κ3) is 3.28. The topological polar surface area (TPSA) is 54.0 Å². The molecule has 0 saturated heterocycles. The molecule has 2 N–H and O–H groups in total. The normalized spacial score (nSPS) is 10.0.